The van der Waals surface area contributed by atoms with E-state index in [1.807, 2.05) is 6.92 Å². The minimum Gasteiger partial charge on any atom is -0.383 e. The third-order valence-electron chi connectivity index (χ3n) is 5.00. The van der Waals surface area contributed by atoms with Crippen LogP contribution in [0.25, 0.3) is 0 Å². The number of hydrogen-bond acceptors (Lipinski definition) is 5. The van der Waals surface area contributed by atoms with Gasteiger partial charge in [0.05, 0.1) is 11.9 Å². The smallest absolute Gasteiger partial charge is 0.313 e. The summed E-state index contributed by atoms with van der Waals surface area (Å²) in [5.41, 5.74) is 6.95. The van der Waals surface area contributed by atoms with Crippen LogP contribution in [0.3, 0.4) is 0 Å². The van der Waals surface area contributed by atoms with E-state index in [0.29, 0.717) is 18.1 Å². The van der Waals surface area contributed by atoms with Crippen molar-refractivity contribution in [3.63, 3.8) is 0 Å². The average molecular weight is 360 g/mol. The molecule has 25 heavy (non-hydrogen) atoms. The number of piperidine rings is 1. The minimum atomic E-state index is -0.613. The van der Waals surface area contributed by atoms with Gasteiger partial charge < -0.3 is 16.0 Å². The molecule has 0 radical (unpaired) electrons. The summed E-state index contributed by atoms with van der Waals surface area (Å²) in [4.78, 5) is 31.1. The zero-order valence-electron chi connectivity index (χ0n) is 14.6. The second-order valence-electron chi connectivity index (χ2n) is 6.90. The van der Waals surface area contributed by atoms with Gasteiger partial charge in [0.2, 0.25) is 0 Å². The quantitative estimate of drug-likeness (QED) is 0.792. The number of aryl methyl sites for hydroxylation is 1. The number of amides is 2. The Morgan fingerprint density at radius 1 is 1.44 bits per heavy atom. The number of nitrogen functional groups attached to an aromatic ring is 1. The van der Waals surface area contributed by atoms with Gasteiger partial charge in [-0.05, 0) is 56.6 Å². The largest absolute Gasteiger partial charge is 0.383 e. The molecule has 0 aromatic carbocycles. The first-order valence-electron chi connectivity index (χ1n) is 8.57. The highest BCUT2D eigenvalue weighted by molar-refractivity contribution is 8.03. The molecule has 2 aliphatic rings. The Bertz CT molecular complexity index is 711. The van der Waals surface area contributed by atoms with E-state index in [4.69, 9.17) is 5.73 Å². The van der Waals surface area contributed by atoms with Crippen LogP contribution in [0.5, 0.6) is 0 Å². The molecule has 7 heteroatoms. The van der Waals surface area contributed by atoms with E-state index in [-0.39, 0.29) is 10.8 Å². The molecule has 0 bridgehead atoms. The van der Waals surface area contributed by atoms with Gasteiger partial charge in [0.1, 0.15) is 5.82 Å². The summed E-state index contributed by atoms with van der Waals surface area (Å²) >= 11 is 1.76. The number of aromatic nitrogens is 1. The van der Waals surface area contributed by atoms with Gasteiger partial charge in [-0.15, -0.1) is 11.8 Å². The van der Waals surface area contributed by atoms with Crippen LogP contribution in [0.2, 0.25) is 0 Å². The van der Waals surface area contributed by atoms with Gasteiger partial charge in [-0.2, -0.15) is 0 Å². The maximum absolute atomic E-state index is 12.8. The highest BCUT2D eigenvalue weighted by atomic mass is 32.2. The lowest BCUT2D eigenvalue weighted by atomic mass is 9.88. The maximum atomic E-state index is 12.8. The van der Waals surface area contributed by atoms with Gasteiger partial charge in [0.25, 0.3) is 0 Å². The zero-order chi connectivity index (χ0) is 18.0. The second-order valence-corrected chi connectivity index (χ2v) is 8.34. The number of nitrogens with two attached hydrogens (primary N) is 1. The standard InChI is InChI=1S/C18H24N4O2S/c1-12-10-13(11-20-15(12)19)21-16(23)17(24)22-8-4-3-6-14(22)18(2)7-5-9-25-18/h5,9-11,14H,3-4,6-8H2,1-2H3,(H2,19,20)(H,21,23)/t14-,18?/m0/s1. The molecule has 3 rings (SSSR count). The number of hydrogen-bond donors (Lipinski definition) is 2. The summed E-state index contributed by atoms with van der Waals surface area (Å²) < 4.78 is -0.0459. The van der Waals surface area contributed by atoms with E-state index in [1.165, 1.54) is 6.20 Å². The van der Waals surface area contributed by atoms with Crippen LogP contribution in [0.4, 0.5) is 11.5 Å². The summed E-state index contributed by atoms with van der Waals surface area (Å²) in [6, 6.07) is 1.80. The summed E-state index contributed by atoms with van der Waals surface area (Å²) in [6.45, 7) is 4.62. The van der Waals surface area contributed by atoms with Gasteiger partial charge in [-0.3, -0.25) is 9.59 Å². The summed E-state index contributed by atoms with van der Waals surface area (Å²) in [5.74, 6) is -0.663. The zero-order valence-corrected chi connectivity index (χ0v) is 15.4. The number of carbonyl (C=O) groups is 2. The van der Waals surface area contributed by atoms with Crippen LogP contribution in [0.15, 0.2) is 23.7 Å². The Morgan fingerprint density at radius 3 is 2.92 bits per heavy atom. The lowest BCUT2D eigenvalue weighted by molar-refractivity contribution is -0.146. The molecule has 0 spiro atoms. The van der Waals surface area contributed by atoms with Gasteiger partial charge in [-0.1, -0.05) is 6.08 Å². The topological polar surface area (TPSA) is 88.3 Å². The maximum Gasteiger partial charge on any atom is 0.313 e. The molecule has 2 aliphatic heterocycles. The van der Waals surface area contributed by atoms with Gasteiger partial charge >= 0.3 is 11.8 Å². The first kappa shape index (κ1) is 17.8. The SMILES string of the molecule is Cc1cc(NC(=O)C(=O)N2CCCC[C@H]2C2(C)CC=CS2)cnc1N. The number of allylic oxidation sites excluding steroid dienone is 1. The Morgan fingerprint density at radius 2 is 2.24 bits per heavy atom. The molecule has 1 aromatic heterocycles. The van der Waals surface area contributed by atoms with E-state index in [9.17, 15) is 9.59 Å². The highest BCUT2D eigenvalue weighted by Crippen LogP contribution is 2.43. The average Bonchev–Trinajstić information content (AvgIpc) is 3.05. The molecule has 6 nitrogen and oxygen atoms in total. The van der Waals surface area contributed by atoms with Crippen molar-refractivity contribution < 1.29 is 9.59 Å². The molecule has 1 unspecified atom stereocenters. The van der Waals surface area contributed by atoms with E-state index < -0.39 is 11.8 Å². The molecule has 134 valence electrons. The van der Waals surface area contributed by atoms with Gasteiger partial charge in [-0.25, -0.2) is 4.98 Å². The van der Waals surface area contributed by atoms with Crippen LogP contribution in [0, 0.1) is 6.92 Å². The number of nitrogens with one attached hydrogen (secondary N) is 1. The Labute approximate surface area is 152 Å². The van der Waals surface area contributed by atoms with Gasteiger partial charge in [0, 0.05) is 17.3 Å². The molecule has 1 aromatic rings. The van der Waals surface area contributed by atoms with Crippen molar-refractivity contribution in [1.82, 2.24) is 9.88 Å². The number of rotatable bonds is 2. The third-order valence-corrected chi connectivity index (χ3v) is 6.30. The molecule has 3 N–H and O–H groups in total. The van der Waals surface area contributed by atoms with Crippen LogP contribution in [0.1, 0.15) is 38.2 Å². The van der Waals surface area contributed by atoms with Crippen molar-refractivity contribution in [3.05, 3.63) is 29.3 Å². The normalized spacial score (nSPS) is 25.8. The predicted octanol–water partition coefficient (Wildman–Crippen LogP) is 2.70. The van der Waals surface area contributed by atoms with Crippen LogP contribution < -0.4 is 11.1 Å². The number of carbonyl (C=O) groups excluding carboxylic acids is 2. The van der Waals surface area contributed by atoms with Gasteiger partial charge in [0.15, 0.2) is 0 Å². The fraction of sp³-hybridized carbons (Fsp3) is 0.500. The fourth-order valence-electron chi connectivity index (χ4n) is 3.53. The number of thioether (sulfide) groups is 1. The van der Waals surface area contributed by atoms with Crippen molar-refractivity contribution >= 4 is 35.1 Å². The predicted molar refractivity (Wildman–Crippen MR) is 101 cm³/mol. The lowest BCUT2D eigenvalue weighted by Gasteiger charge is -2.44. The summed E-state index contributed by atoms with van der Waals surface area (Å²) in [7, 11) is 0. The number of likely N-dealkylation sites (tertiary alicyclic amines) is 1. The highest BCUT2D eigenvalue weighted by Gasteiger charge is 2.43. The molecule has 0 saturated carbocycles. The molecule has 2 atom stereocenters. The molecule has 3 heterocycles. The lowest BCUT2D eigenvalue weighted by Crippen LogP contribution is -2.55. The van der Waals surface area contributed by atoms with Crippen molar-refractivity contribution in [2.75, 3.05) is 17.6 Å². The first-order chi connectivity index (χ1) is 11.9. The van der Waals surface area contributed by atoms with E-state index in [2.05, 4.69) is 28.7 Å². The van der Waals surface area contributed by atoms with Crippen LogP contribution in [-0.4, -0.2) is 39.0 Å². The second kappa shape index (κ2) is 7.07. The van der Waals surface area contributed by atoms with Crippen molar-refractivity contribution in [2.24, 2.45) is 0 Å². The Balaban J connectivity index is 1.73. The monoisotopic (exact) mass is 360 g/mol. The molecule has 0 aliphatic carbocycles. The number of nitrogens with zero attached hydrogens (tertiary/aromatic N) is 2. The van der Waals surface area contributed by atoms with Crippen LogP contribution >= 0.6 is 11.8 Å². The number of anilines is 2. The molecular weight excluding hydrogens is 336 g/mol. The molecular formula is C18H24N4O2S. The van der Waals surface area contributed by atoms with E-state index in [1.54, 1.807) is 22.7 Å². The summed E-state index contributed by atoms with van der Waals surface area (Å²) in [5, 5.41) is 4.76. The fourth-order valence-corrected chi connectivity index (χ4v) is 4.62. The van der Waals surface area contributed by atoms with E-state index in [0.717, 1.165) is 31.2 Å². The van der Waals surface area contributed by atoms with Crippen LogP contribution in [-0.2, 0) is 9.59 Å². The van der Waals surface area contributed by atoms with Crippen molar-refractivity contribution in [2.45, 2.75) is 50.3 Å². The molecule has 1 saturated heterocycles. The molecule has 1 fully saturated rings. The molecule has 2 amide bonds. The Hall–Kier alpha value is -2.02. The van der Waals surface area contributed by atoms with Crippen molar-refractivity contribution in [1.29, 1.82) is 0 Å². The Kier molecular flexibility index (Phi) is 5.03. The van der Waals surface area contributed by atoms with Crippen molar-refractivity contribution in [3.8, 4) is 0 Å². The summed E-state index contributed by atoms with van der Waals surface area (Å²) in [6.07, 6.45) is 7.51. The number of pyridine rings is 1. The third kappa shape index (κ3) is 3.66. The first-order valence-corrected chi connectivity index (χ1v) is 9.45. The van der Waals surface area contributed by atoms with E-state index >= 15 is 0 Å². The minimum absolute atomic E-state index is 0.0459.